The fourth-order valence-corrected chi connectivity index (χ4v) is 3.08. The third kappa shape index (κ3) is 4.66. The summed E-state index contributed by atoms with van der Waals surface area (Å²) in [6.07, 6.45) is 4.16. The lowest BCUT2D eigenvalue weighted by Crippen LogP contribution is -2.31. The van der Waals surface area contributed by atoms with Crippen molar-refractivity contribution in [1.29, 1.82) is 0 Å². The first kappa shape index (κ1) is 15.7. The van der Waals surface area contributed by atoms with Crippen molar-refractivity contribution >= 4 is 22.1 Å². The molecule has 0 spiro atoms. The molecule has 2 rings (SSSR count). The van der Waals surface area contributed by atoms with E-state index in [0.29, 0.717) is 12.2 Å². The van der Waals surface area contributed by atoms with Gasteiger partial charge < -0.3 is 9.84 Å². The van der Waals surface area contributed by atoms with E-state index in [1.807, 2.05) is 0 Å². The molecule has 1 saturated heterocycles. The van der Waals surface area contributed by atoms with Gasteiger partial charge in [0.1, 0.15) is 0 Å². The van der Waals surface area contributed by atoms with Crippen LogP contribution >= 0.6 is 0 Å². The first-order chi connectivity index (χ1) is 9.97. The highest BCUT2D eigenvalue weighted by molar-refractivity contribution is 7.89. The first-order valence-electron chi connectivity index (χ1n) is 6.60. The number of aliphatic carboxylic acids is 1. The number of benzene rings is 1. The Bertz CT molecular complexity index is 615. The van der Waals surface area contributed by atoms with Crippen LogP contribution in [0, 0.1) is 0 Å². The summed E-state index contributed by atoms with van der Waals surface area (Å²) in [5.74, 6) is -1.05. The molecule has 0 amide bonds. The van der Waals surface area contributed by atoms with Gasteiger partial charge in [-0.15, -0.1) is 0 Å². The van der Waals surface area contributed by atoms with Gasteiger partial charge in [-0.05, 0) is 36.6 Å². The number of hydrogen-bond donors (Lipinski definition) is 2. The van der Waals surface area contributed by atoms with Crippen molar-refractivity contribution in [2.24, 2.45) is 0 Å². The maximum Gasteiger partial charge on any atom is 0.328 e. The second-order valence-corrected chi connectivity index (χ2v) is 6.49. The molecule has 114 valence electrons. The van der Waals surface area contributed by atoms with Crippen LogP contribution in [-0.2, 0) is 19.6 Å². The monoisotopic (exact) mass is 311 g/mol. The Hall–Kier alpha value is -1.70. The fraction of sp³-hybridized carbons (Fsp3) is 0.357. The topological polar surface area (TPSA) is 92.7 Å². The number of rotatable bonds is 6. The minimum Gasteiger partial charge on any atom is -0.478 e. The molecule has 0 bridgehead atoms. The first-order valence-corrected chi connectivity index (χ1v) is 8.08. The van der Waals surface area contributed by atoms with Gasteiger partial charge in [-0.1, -0.05) is 12.1 Å². The van der Waals surface area contributed by atoms with Gasteiger partial charge in [0.25, 0.3) is 0 Å². The van der Waals surface area contributed by atoms with Crippen LogP contribution in [0.3, 0.4) is 0 Å². The number of carbonyl (C=O) groups is 1. The molecule has 1 aromatic rings. The largest absolute Gasteiger partial charge is 0.478 e. The Morgan fingerprint density at radius 3 is 2.67 bits per heavy atom. The summed E-state index contributed by atoms with van der Waals surface area (Å²) in [5.41, 5.74) is 0.621. The molecule has 1 aliphatic rings. The Labute approximate surface area is 123 Å². The van der Waals surface area contributed by atoms with Crippen LogP contribution in [0.5, 0.6) is 0 Å². The SMILES string of the molecule is O=C(O)/C=C/c1ccc(S(=O)(=O)NC[C@H]2CCCO2)cc1. The number of ether oxygens (including phenoxy) is 1. The van der Waals surface area contributed by atoms with Gasteiger partial charge in [0, 0.05) is 19.2 Å². The zero-order valence-corrected chi connectivity index (χ0v) is 12.2. The molecule has 0 aromatic heterocycles. The van der Waals surface area contributed by atoms with Gasteiger partial charge >= 0.3 is 5.97 Å². The van der Waals surface area contributed by atoms with Gasteiger partial charge in [-0.25, -0.2) is 17.9 Å². The standard InChI is InChI=1S/C14H17NO5S/c16-14(17)8-5-11-3-6-13(7-4-11)21(18,19)15-10-12-2-1-9-20-12/h3-8,12,15H,1-2,9-10H2,(H,16,17)/b8-5+/t12-/m1/s1. The van der Waals surface area contributed by atoms with E-state index in [1.165, 1.54) is 18.2 Å². The Balaban J connectivity index is 2.00. The van der Waals surface area contributed by atoms with Crippen molar-refractivity contribution in [3.8, 4) is 0 Å². The summed E-state index contributed by atoms with van der Waals surface area (Å²) in [4.78, 5) is 10.6. The molecular formula is C14H17NO5S. The van der Waals surface area contributed by atoms with E-state index in [0.717, 1.165) is 18.9 Å². The van der Waals surface area contributed by atoms with Gasteiger partial charge in [0.15, 0.2) is 0 Å². The van der Waals surface area contributed by atoms with Gasteiger partial charge in [0.05, 0.1) is 11.0 Å². The quantitative estimate of drug-likeness (QED) is 0.771. The van der Waals surface area contributed by atoms with Crippen molar-refractivity contribution in [2.75, 3.05) is 13.2 Å². The zero-order chi connectivity index (χ0) is 15.3. The predicted molar refractivity (Wildman–Crippen MR) is 77.3 cm³/mol. The second-order valence-electron chi connectivity index (χ2n) is 4.73. The summed E-state index contributed by atoms with van der Waals surface area (Å²) in [7, 11) is -3.57. The summed E-state index contributed by atoms with van der Waals surface area (Å²) in [6.45, 7) is 0.944. The van der Waals surface area contributed by atoms with E-state index in [4.69, 9.17) is 9.84 Å². The lowest BCUT2D eigenvalue weighted by molar-refractivity contribution is -0.131. The number of carboxylic acids is 1. The molecule has 1 aromatic carbocycles. The van der Waals surface area contributed by atoms with E-state index in [9.17, 15) is 13.2 Å². The molecule has 21 heavy (non-hydrogen) atoms. The summed E-state index contributed by atoms with van der Waals surface area (Å²) >= 11 is 0. The lowest BCUT2D eigenvalue weighted by atomic mass is 10.2. The Kier molecular flexibility index (Phi) is 5.11. The number of hydrogen-bond acceptors (Lipinski definition) is 4. The third-order valence-electron chi connectivity index (χ3n) is 3.13. The molecule has 6 nitrogen and oxygen atoms in total. The van der Waals surface area contributed by atoms with Crippen molar-refractivity contribution in [3.05, 3.63) is 35.9 Å². The lowest BCUT2D eigenvalue weighted by Gasteiger charge is -2.11. The minimum atomic E-state index is -3.57. The average molecular weight is 311 g/mol. The number of nitrogens with one attached hydrogen (secondary N) is 1. The van der Waals surface area contributed by atoms with Gasteiger partial charge in [-0.2, -0.15) is 0 Å². The molecule has 0 aliphatic carbocycles. The Morgan fingerprint density at radius 1 is 1.38 bits per heavy atom. The molecule has 0 radical (unpaired) electrons. The third-order valence-corrected chi connectivity index (χ3v) is 4.57. The molecule has 0 unspecified atom stereocenters. The fourth-order valence-electron chi connectivity index (χ4n) is 2.02. The molecule has 2 N–H and O–H groups in total. The normalized spacial score (nSPS) is 19.1. The summed E-state index contributed by atoms with van der Waals surface area (Å²) in [6, 6.07) is 6.00. The molecule has 1 heterocycles. The van der Waals surface area contributed by atoms with Gasteiger partial charge in [-0.3, -0.25) is 0 Å². The summed E-state index contributed by atoms with van der Waals surface area (Å²) < 4.78 is 32.1. The van der Waals surface area contributed by atoms with E-state index in [1.54, 1.807) is 12.1 Å². The molecule has 0 saturated carbocycles. The molecule has 1 fully saturated rings. The van der Waals surface area contributed by atoms with E-state index in [-0.39, 0.29) is 17.5 Å². The smallest absolute Gasteiger partial charge is 0.328 e. The van der Waals surface area contributed by atoms with Crippen LogP contribution in [0.25, 0.3) is 6.08 Å². The van der Waals surface area contributed by atoms with Crippen LogP contribution in [0.2, 0.25) is 0 Å². The van der Waals surface area contributed by atoms with Crippen LogP contribution in [-0.4, -0.2) is 38.7 Å². The van der Waals surface area contributed by atoms with Gasteiger partial charge in [0.2, 0.25) is 10.0 Å². The van der Waals surface area contributed by atoms with E-state index < -0.39 is 16.0 Å². The highest BCUT2D eigenvalue weighted by Gasteiger charge is 2.19. The van der Waals surface area contributed by atoms with Crippen molar-refractivity contribution in [1.82, 2.24) is 4.72 Å². The van der Waals surface area contributed by atoms with Crippen LogP contribution in [0.4, 0.5) is 0 Å². The number of carboxylic acid groups (broad SMARTS) is 1. The predicted octanol–water partition coefficient (Wildman–Crippen LogP) is 1.24. The minimum absolute atomic E-state index is 0.0578. The van der Waals surface area contributed by atoms with E-state index >= 15 is 0 Å². The van der Waals surface area contributed by atoms with Crippen LogP contribution in [0.15, 0.2) is 35.2 Å². The molecule has 7 heteroatoms. The Morgan fingerprint density at radius 2 is 2.10 bits per heavy atom. The van der Waals surface area contributed by atoms with Crippen LogP contribution < -0.4 is 4.72 Å². The maximum atomic E-state index is 12.1. The highest BCUT2D eigenvalue weighted by atomic mass is 32.2. The zero-order valence-electron chi connectivity index (χ0n) is 11.4. The molecule has 1 atom stereocenters. The highest BCUT2D eigenvalue weighted by Crippen LogP contribution is 2.14. The van der Waals surface area contributed by atoms with Crippen LogP contribution in [0.1, 0.15) is 18.4 Å². The van der Waals surface area contributed by atoms with Crippen molar-refractivity contribution in [3.63, 3.8) is 0 Å². The maximum absolute atomic E-state index is 12.1. The molecular weight excluding hydrogens is 294 g/mol. The molecule has 1 aliphatic heterocycles. The van der Waals surface area contributed by atoms with Crippen molar-refractivity contribution < 1.29 is 23.1 Å². The summed E-state index contributed by atoms with van der Waals surface area (Å²) in [5, 5.41) is 8.53. The second kappa shape index (κ2) is 6.84. The van der Waals surface area contributed by atoms with Crippen molar-refractivity contribution in [2.45, 2.75) is 23.8 Å². The van der Waals surface area contributed by atoms with E-state index in [2.05, 4.69) is 4.72 Å². The average Bonchev–Trinajstić information content (AvgIpc) is 2.97. The number of sulfonamides is 1.